The molecule has 140 valence electrons. The molecule has 0 spiro atoms. The molecule has 1 aliphatic heterocycles. The number of piperidine rings is 1. The summed E-state index contributed by atoms with van der Waals surface area (Å²) in [5.74, 6) is 2.23. The van der Waals surface area contributed by atoms with Crippen LogP contribution in [-0.4, -0.2) is 62.1 Å². The second-order valence-electron chi connectivity index (χ2n) is 6.63. The number of likely N-dealkylation sites (tertiary alicyclic amines) is 1. The summed E-state index contributed by atoms with van der Waals surface area (Å²) < 4.78 is 11.4. The number of amides is 1. The predicted molar refractivity (Wildman–Crippen MR) is 100 cm³/mol. The van der Waals surface area contributed by atoms with Crippen molar-refractivity contribution in [3.8, 4) is 11.5 Å². The molecule has 0 unspecified atom stereocenters. The lowest BCUT2D eigenvalue weighted by Gasteiger charge is -2.31. The van der Waals surface area contributed by atoms with Crippen LogP contribution >= 0.6 is 0 Å². The Labute approximate surface area is 151 Å². The van der Waals surface area contributed by atoms with E-state index in [-0.39, 0.29) is 5.91 Å². The van der Waals surface area contributed by atoms with E-state index in [1.54, 1.807) is 4.90 Å². The van der Waals surface area contributed by atoms with Crippen molar-refractivity contribution in [1.82, 2.24) is 9.80 Å². The van der Waals surface area contributed by atoms with Gasteiger partial charge < -0.3 is 19.3 Å². The van der Waals surface area contributed by atoms with Crippen molar-refractivity contribution in [2.24, 2.45) is 5.92 Å². The number of para-hydroxylation sites is 2. The minimum atomic E-state index is 0.219. The Balaban J connectivity index is 1.71. The molecule has 1 aliphatic rings. The van der Waals surface area contributed by atoms with Gasteiger partial charge in [0.15, 0.2) is 11.5 Å². The Morgan fingerprint density at radius 2 is 1.80 bits per heavy atom. The Hall–Kier alpha value is -1.75. The molecule has 0 saturated carbocycles. The van der Waals surface area contributed by atoms with Gasteiger partial charge in [-0.25, -0.2) is 0 Å². The van der Waals surface area contributed by atoms with E-state index >= 15 is 0 Å². The van der Waals surface area contributed by atoms with Crippen LogP contribution in [0.15, 0.2) is 24.3 Å². The number of carbonyl (C=O) groups excluding carboxylic acids is 1. The van der Waals surface area contributed by atoms with Crippen LogP contribution in [0.4, 0.5) is 0 Å². The lowest BCUT2D eigenvalue weighted by molar-refractivity contribution is -0.131. The van der Waals surface area contributed by atoms with Crippen molar-refractivity contribution < 1.29 is 14.3 Å². The van der Waals surface area contributed by atoms with E-state index in [1.165, 1.54) is 0 Å². The molecule has 0 aliphatic carbocycles. The number of ether oxygens (including phenoxy) is 2. The molecule has 0 N–H and O–H groups in total. The third kappa shape index (κ3) is 6.24. The highest BCUT2D eigenvalue weighted by Crippen LogP contribution is 2.26. The first-order valence-electron chi connectivity index (χ1n) is 9.45. The van der Waals surface area contributed by atoms with Gasteiger partial charge in [-0.2, -0.15) is 0 Å². The van der Waals surface area contributed by atoms with Crippen molar-refractivity contribution in [3.05, 3.63) is 24.3 Å². The predicted octanol–water partition coefficient (Wildman–Crippen LogP) is 3.04. The molecule has 0 bridgehead atoms. The van der Waals surface area contributed by atoms with Crippen molar-refractivity contribution in [3.63, 3.8) is 0 Å². The van der Waals surface area contributed by atoms with Crippen molar-refractivity contribution in [1.29, 1.82) is 0 Å². The number of rotatable bonds is 9. The van der Waals surface area contributed by atoms with E-state index in [1.807, 2.05) is 38.2 Å². The Kier molecular flexibility index (Phi) is 8.06. The minimum Gasteiger partial charge on any atom is -0.490 e. The van der Waals surface area contributed by atoms with Gasteiger partial charge in [0.2, 0.25) is 5.91 Å². The number of hydrogen-bond acceptors (Lipinski definition) is 4. The second kappa shape index (κ2) is 10.3. The molecule has 1 saturated heterocycles. The molecule has 1 aromatic carbocycles. The van der Waals surface area contributed by atoms with Crippen LogP contribution in [0.2, 0.25) is 0 Å². The zero-order chi connectivity index (χ0) is 18.1. The summed E-state index contributed by atoms with van der Waals surface area (Å²) in [7, 11) is 1.86. The molecule has 0 radical (unpaired) electrons. The van der Waals surface area contributed by atoms with E-state index in [0.717, 1.165) is 44.0 Å². The molecule has 0 atom stereocenters. The maximum atomic E-state index is 12.4. The largest absolute Gasteiger partial charge is 0.490 e. The van der Waals surface area contributed by atoms with Crippen molar-refractivity contribution >= 4 is 5.91 Å². The first kappa shape index (κ1) is 19.6. The smallest absolute Gasteiger partial charge is 0.222 e. The number of benzene rings is 1. The van der Waals surface area contributed by atoms with Crippen LogP contribution in [0.1, 0.15) is 33.1 Å². The van der Waals surface area contributed by atoms with Gasteiger partial charge in [-0.15, -0.1) is 0 Å². The number of nitrogens with zero attached hydrogens (tertiary/aromatic N) is 2. The summed E-state index contributed by atoms with van der Waals surface area (Å²) in [6, 6.07) is 7.65. The van der Waals surface area contributed by atoms with Gasteiger partial charge in [-0.05, 0) is 57.5 Å². The third-order valence-electron chi connectivity index (χ3n) is 4.88. The molecule has 5 heteroatoms. The lowest BCUT2D eigenvalue weighted by atomic mass is 9.93. The highest BCUT2D eigenvalue weighted by atomic mass is 16.5. The summed E-state index contributed by atoms with van der Waals surface area (Å²) in [6.45, 7) is 9.17. The first-order valence-corrected chi connectivity index (χ1v) is 9.45. The van der Waals surface area contributed by atoms with Crippen LogP contribution in [0, 0.1) is 5.92 Å². The molecule has 5 nitrogen and oxygen atoms in total. The fraction of sp³-hybridized carbons (Fsp3) is 0.650. The van der Waals surface area contributed by atoms with Crippen LogP contribution in [-0.2, 0) is 4.79 Å². The van der Waals surface area contributed by atoms with Crippen molar-refractivity contribution in [2.45, 2.75) is 33.1 Å². The van der Waals surface area contributed by atoms with E-state index < -0.39 is 0 Å². The summed E-state index contributed by atoms with van der Waals surface area (Å²) in [6.07, 6.45) is 2.92. The van der Waals surface area contributed by atoms with Crippen LogP contribution in [0.25, 0.3) is 0 Å². The molecule has 1 amide bonds. The number of likely N-dealkylation sites (N-methyl/N-ethyl adjacent to an activating group) is 1. The lowest BCUT2D eigenvalue weighted by Crippen LogP contribution is -2.37. The minimum absolute atomic E-state index is 0.219. The fourth-order valence-corrected chi connectivity index (χ4v) is 3.17. The first-order chi connectivity index (χ1) is 12.1. The zero-order valence-electron chi connectivity index (χ0n) is 15.9. The van der Waals surface area contributed by atoms with E-state index in [4.69, 9.17) is 9.47 Å². The molecular formula is C20H32N2O3. The summed E-state index contributed by atoms with van der Waals surface area (Å²) in [5, 5.41) is 0. The molecule has 25 heavy (non-hydrogen) atoms. The Morgan fingerprint density at radius 3 is 2.40 bits per heavy atom. The van der Waals surface area contributed by atoms with Crippen molar-refractivity contribution in [2.75, 3.05) is 46.4 Å². The van der Waals surface area contributed by atoms with Gasteiger partial charge in [0.1, 0.15) is 6.61 Å². The average Bonchev–Trinajstić information content (AvgIpc) is 2.64. The van der Waals surface area contributed by atoms with Gasteiger partial charge in [-0.1, -0.05) is 19.1 Å². The van der Waals surface area contributed by atoms with Crippen LogP contribution in [0.5, 0.6) is 11.5 Å². The maximum Gasteiger partial charge on any atom is 0.222 e. The van der Waals surface area contributed by atoms with Crippen LogP contribution < -0.4 is 9.47 Å². The monoisotopic (exact) mass is 348 g/mol. The molecular weight excluding hydrogens is 316 g/mol. The average molecular weight is 348 g/mol. The normalized spacial score (nSPS) is 15.8. The molecule has 0 aromatic heterocycles. The number of carbonyl (C=O) groups is 1. The van der Waals surface area contributed by atoms with Gasteiger partial charge in [0.05, 0.1) is 13.2 Å². The topological polar surface area (TPSA) is 42.0 Å². The molecule has 1 fully saturated rings. The molecule has 1 heterocycles. The Morgan fingerprint density at radius 1 is 1.16 bits per heavy atom. The maximum absolute atomic E-state index is 12.4. The van der Waals surface area contributed by atoms with Gasteiger partial charge in [-0.3, -0.25) is 4.79 Å². The van der Waals surface area contributed by atoms with Gasteiger partial charge >= 0.3 is 0 Å². The number of hydrogen-bond donors (Lipinski definition) is 0. The standard InChI is InChI=1S/C20H32N2O3/c1-4-22-12-10-17(11-13-22)16-20(23)21(3)14-15-25-19-9-7-6-8-18(19)24-5-2/h6-9,17H,4-5,10-16H2,1-3H3. The fourth-order valence-electron chi connectivity index (χ4n) is 3.17. The van der Waals surface area contributed by atoms with Crippen LogP contribution in [0.3, 0.4) is 0 Å². The van der Waals surface area contributed by atoms with E-state index in [0.29, 0.717) is 32.1 Å². The summed E-state index contributed by atoms with van der Waals surface area (Å²) >= 11 is 0. The summed E-state index contributed by atoms with van der Waals surface area (Å²) in [5.41, 5.74) is 0. The third-order valence-corrected chi connectivity index (χ3v) is 4.88. The van der Waals surface area contributed by atoms with Gasteiger partial charge in [0.25, 0.3) is 0 Å². The van der Waals surface area contributed by atoms with E-state index in [2.05, 4.69) is 11.8 Å². The highest BCUT2D eigenvalue weighted by Gasteiger charge is 2.22. The zero-order valence-corrected chi connectivity index (χ0v) is 15.9. The van der Waals surface area contributed by atoms with Gasteiger partial charge in [0, 0.05) is 13.5 Å². The van der Waals surface area contributed by atoms with E-state index in [9.17, 15) is 4.79 Å². The summed E-state index contributed by atoms with van der Waals surface area (Å²) in [4.78, 5) is 16.6. The quantitative estimate of drug-likeness (QED) is 0.688. The SMILES string of the molecule is CCOc1ccccc1OCCN(C)C(=O)CC1CCN(CC)CC1. The highest BCUT2D eigenvalue weighted by molar-refractivity contribution is 5.76. The molecule has 1 aromatic rings. The second-order valence-corrected chi connectivity index (χ2v) is 6.63. The molecule has 2 rings (SSSR count). The Bertz CT molecular complexity index is 527.